The Bertz CT molecular complexity index is 261. The lowest BCUT2D eigenvalue weighted by molar-refractivity contribution is -0.127. The fourth-order valence-electron chi connectivity index (χ4n) is 2.91. The Hall–Kier alpha value is -0.610. The van der Waals surface area contributed by atoms with Crippen LogP contribution in [0.15, 0.2) is 0 Å². The van der Waals surface area contributed by atoms with Crippen LogP contribution < -0.4 is 11.1 Å². The van der Waals surface area contributed by atoms with E-state index in [-0.39, 0.29) is 23.9 Å². The van der Waals surface area contributed by atoms with Gasteiger partial charge < -0.3 is 16.0 Å². The Morgan fingerprint density at radius 3 is 2.47 bits per heavy atom. The number of amides is 1. The highest BCUT2D eigenvalue weighted by molar-refractivity contribution is 5.79. The van der Waals surface area contributed by atoms with Crippen molar-refractivity contribution in [3.05, 3.63) is 0 Å². The summed E-state index contributed by atoms with van der Waals surface area (Å²) in [5, 5.41) is 3.17. The lowest BCUT2D eigenvalue weighted by Crippen LogP contribution is -2.51. The summed E-state index contributed by atoms with van der Waals surface area (Å²) in [6.45, 7) is 2.07. The van der Waals surface area contributed by atoms with Crippen molar-refractivity contribution in [1.82, 2.24) is 10.2 Å². The Morgan fingerprint density at radius 2 is 1.82 bits per heavy atom. The molecule has 0 aromatic heterocycles. The van der Waals surface area contributed by atoms with Gasteiger partial charge in [-0.1, -0.05) is 12.8 Å². The number of nitrogens with two attached hydrogens (primary N) is 1. The molecule has 98 valence electrons. The van der Waals surface area contributed by atoms with Crippen LogP contribution in [0.3, 0.4) is 0 Å². The number of carbonyl (C=O) groups excluding carboxylic acids is 1. The highest BCUT2D eigenvalue weighted by Gasteiger charge is 2.28. The van der Waals surface area contributed by atoms with E-state index in [1.165, 1.54) is 12.8 Å². The molecule has 1 saturated carbocycles. The summed E-state index contributed by atoms with van der Waals surface area (Å²) < 4.78 is 0. The van der Waals surface area contributed by atoms with Crippen molar-refractivity contribution in [2.24, 2.45) is 11.7 Å². The average Bonchev–Trinajstić information content (AvgIpc) is 2.33. The van der Waals surface area contributed by atoms with Gasteiger partial charge in [0.25, 0.3) is 0 Å². The van der Waals surface area contributed by atoms with Crippen LogP contribution in [0.2, 0.25) is 0 Å². The standard InChI is InChI=1S/C13H25N3O/c1-16-8-6-10(7-9-16)13(17)15-12-5-3-2-4-11(12)14/h10-12H,2-9,14H2,1H3,(H,15,17). The predicted molar refractivity (Wildman–Crippen MR) is 68.6 cm³/mol. The van der Waals surface area contributed by atoms with Crippen molar-refractivity contribution < 1.29 is 4.79 Å². The zero-order valence-electron chi connectivity index (χ0n) is 10.8. The van der Waals surface area contributed by atoms with Crippen molar-refractivity contribution in [2.75, 3.05) is 20.1 Å². The minimum absolute atomic E-state index is 0.166. The van der Waals surface area contributed by atoms with Crippen LogP contribution in [-0.4, -0.2) is 43.0 Å². The molecule has 4 heteroatoms. The summed E-state index contributed by atoms with van der Waals surface area (Å²) in [6, 6.07) is 0.384. The third-order valence-corrected chi connectivity index (χ3v) is 4.24. The molecule has 1 heterocycles. The van der Waals surface area contributed by atoms with Crippen molar-refractivity contribution >= 4 is 5.91 Å². The second-order valence-electron chi connectivity index (χ2n) is 5.64. The maximum absolute atomic E-state index is 12.1. The molecule has 0 bridgehead atoms. The first-order valence-corrected chi connectivity index (χ1v) is 6.91. The van der Waals surface area contributed by atoms with Crippen LogP contribution in [-0.2, 0) is 4.79 Å². The van der Waals surface area contributed by atoms with Crippen LogP contribution in [0, 0.1) is 5.92 Å². The molecule has 1 aliphatic heterocycles. The minimum atomic E-state index is 0.166. The molecule has 4 nitrogen and oxygen atoms in total. The van der Waals surface area contributed by atoms with E-state index in [0.717, 1.165) is 38.8 Å². The van der Waals surface area contributed by atoms with Gasteiger partial charge in [0.2, 0.25) is 5.91 Å². The molecule has 0 radical (unpaired) electrons. The maximum Gasteiger partial charge on any atom is 0.223 e. The average molecular weight is 239 g/mol. The lowest BCUT2D eigenvalue weighted by atomic mass is 9.89. The molecule has 1 aliphatic carbocycles. The van der Waals surface area contributed by atoms with E-state index in [2.05, 4.69) is 17.3 Å². The van der Waals surface area contributed by atoms with Gasteiger partial charge in [0, 0.05) is 18.0 Å². The molecular formula is C13H25N3O. The number of hydrogen-bond acceptors (Lipinski definition) is 3. The van der Waals surface area contributed by atoms with Crippen molar-refractivity contribution in [2.45, 2.75) is 50.6 Å². The summed E-state index contributed by atoms with van der Waals surface area (Å²) >= 11 is 0. The highest BCUT2D eigenvalue weighted by Crippen LogP contribution is 2.20. The largest absolute Gasteiger partial charge is 0.352 e. The van der Waals surface area contributed by atoms with Gasteiger partial charge in [0.15, 0.2) is 0 Å². The zero-order chi connectivity index (χ0) is 12.3. The van der Waals surface area contributed by atoms with Crippen molar-refractivity contribution in [3.63, 3.8) is 0 Å². The number of rotatable bonds is 2. The monoisotopic (exact) mass is 239 g/mol. The fraction of sp³-hybridized carbons (Fsp3) is 0.923. The molecule has 2 unspecified atom stereocenters. The van der Waals surface area contributed by atoms with Crippen LogP contribution >= 0.6 is 0 Å². The first kappa shape index (κ1) is 12.8. The quantitative estimate of drug-likeness (QED) is 0.746. The van der Waals surface area contributed by atoms with Gasteiger partial charge in [0.05, 0.1) is 0 Å². The van der Waals surface area contributed by atoms with Crippen LogP contribution in [0.25, 0.3) is 0 Å². The van der Waals surface area contributed by atoms with Gasteiger partial charge in [-0.15, -0.1) is 0 Å². The topological polar surface area (TPSA) is 58.4 Å². The maximum atomic E-state index is 12.1. The number of hydrogen-bond donors (Lipinski definition) is 2. The molecule has 0 aromatic carbocycles. The fourth-order valence-corrected chi connectivity index (χ4v) is 2.91. The van der Waals surface area contributed by atoms with Gasteiger partial charge in [-0.25, -0.2) is 0 Å². The van der Waals surface area contributed by atoms with Crippen molar-refractivity contribution in [1.29, 1.82) is 0 Å². The van der Waals surface area contributed by atoms with Crippen LogP contribution in [0.5, 0.6) is 0 Å². The number of piperidine rings is 1. The Kier molecular flexibility index (Phi) is 4.40. The van der Waals surface area contributed by atoms with Gasteiger partial charge in [-0.05, 0) is 45.8 Å². The second kappa shape index (κ2) is 5.83. The van der Waals surface area contributed by atoms with E-state index in [9.17, 15) is 4.79 Å². The predicted octanol–water partition coefficient (Wildman–Crippen LogP) is 0.714. The summed E-state index contributed by atoms with van der Waals surface area (Å²) in [4.78, 5) is 14.4. The highest BCUT2D eigenvalue weighted by atomic mass is 16.2. The number of likely N-dealkylation sites (tertiary alicyclic amines) is 1. The minimum Gasteiger partial charge on any atom is -0.352 e. The second-order valence-corrected chi connectivity index (χ2v) is 5.64. The summed E-state index contributed by atoms with van der Waals surface area (Å²) in [5.41, 5.74) is 6.06. The van der Waals surface area contributed by atoms with E-state index in [0.29, 0.717) is 0 Å². The third kappa shape index (κ3) is 3.42. The van der Waals surface area contributed by atoms with E-state index < -0.39 is 0 Å². The van der Waals surface area contributed by atoms with Gasteiger partial charge in [-0.3, -0.25) is 4.79 Å². The van der Waals surface area contributed by atoms with Gasteiger partial charge in [-0.2, -0.15) is 0 Å². The molecule has 2 atom stereocenters. The number of nitrogens with one attached hydrogen (secondary N) is 1. The Balaban J connectivity index is 1.79. The first-order valence-electron chi connectivity index (χ1n) is 6.91. The Labute approximate surface area is 104 Å². The van der Waals surface area contributed by atoms with Crippen LogP contribution in [0.4, 0.5) is 0 Å². The Morgan fingerprint density at radius 1 is 1.18 bits per heavy atom. The van der Waals surface area contributed by atoms with Crippen molar-refractivity contribution in [3.8, 4) is 0 Å². The van der Waals surface area contributed by atoms with Crippen LogP contribution in [0.1, 0.15) is 38.5 Å². The van der Waals surface area contributed by atoms with E-state index >= 15 is 0 Å². The molecule has 2 fully saturated rings. The molecule has 3 N–H and O–H groups in total. The molecule has 1 amide bonds. The summed E-state index contributed by atoms with van der Waals surface area (Å²) in [7, 11) is 2.12. The third-order valence-electron chi connectivity index (χ3n) is 4.24. The smallest absolute Gasteiger partial charge is 0.223 e. The first-order chi connectivity index (χ1) is 8.16. The molecule has 2 aliphatic rings. The molecular weight excluding hydrogens is 214 g/mol. The SMILES string of the molecule is CN1CCC(C(=O)NC2CCCCC2N)CC1. The lowest BCUT2D eigenvalue weighted by Gasteiger charge is -2.33. The zero-order valence-corrected chi connectivity index (χ0v) is 10.8. The molecule has 17 heavy (non-hydrogen) atoms. The number of carbonyl (C=O) groups is 1. The molecule has 2 rings (SSSR count). The molecule has 0 spiro atoms. The number of nitrogens with zero attached hydrogens (tertiary/aromatic N) is 1. The normalized spacial score (nSPS) is 32.4. The van der Waals surface area contributed by atoms with E-state index in [4.69, 9.17) is 5.73 Å². The summed E-state index contributed by atoms with van der Waals surface area (Å²) in [6.07, 6.45) is 6.50. The van der Waals surface area contributed by atoms with E-state index in [1.54, 1.807) is 0 Å². The van der Waals surface area contributed by atoms with Gasteiger partial charge >= 0.3 is 0 Å². The van der Waals surface area contributed by atoms with Gasteiger partial charge in [0.1, 0.15) is 0 Å². The van der Waals surface area contributed by atoms with E-state index in [1.807, 2.05) is 0 Å². The molecule has 1 saturated heterocycles. The molecule has 0 aromatic rings. The summed E-state index contributed by atoms with van der Waals surface area (Å²) in [5.74, 6) is 0.445.